The van der Waals surface area contributed by atoms with Crippen molar-refractivity contribution in [1.29, 1.82) is 0 Å². The second kappa shape index (κ2) is 12.4. The highest BCUT2D eigenvalue weighted by atomic mass is 32.1. The van der Waals surface area contributed by atoms with Gasteiger partial charge >= 0.3 is 12.1 Å². The van der Waals surface area contributed by atoms with Gasteiger partial charge in [-0.15, -0.1) is 11.3 Å². The number of nitrogens with zero attached hydrogens (tertiary/aromatic N) is 4. The number of rotatable bonds is 7. The normalized spacial score (nSPS) is 18.8. The van der Waals surface area contributed by atoms with E-state index in [0.717, 1.165) is 33.5 Å². The number of carboxylic acids is 1. The summed E-state index contributed by atoms with van der Waals surface area (Å²) >= 11 is 1.33. The predicted molar refractivity (Wildman–Crippen MR) is 176 cm³/mol. The summed E-state index contributed by atoms with van der Waals surface area (Å²) in [5, 5.41) is 11.3. The zero-order valence-electron chi connectivity index (χ0n) is 27.2. The van der Waals surface area contributed by atoms with E-state index in [9.17, 15) is 27.9 Å². The topological polar surface area (TPSA) is 97.6 Å². The minimum atomic E-state index is -4.17. The number of alkyl halides is 3. The van der Waals surface area contributed by atoms with E-state index >= 15 is 0 Å². The standard InChI is InChI=1S/C35H39F3N4O4S/c1-19-6-7-28(24(14-19)25-15-20(2)39-29-27(33(44)45)18-47-30(25)29)46-13-12-42-21(3)40-31-26(32(42)43)16-23(17-34(31,4)5)41-10-8-22(9-11-41)35(36,37)38/h6-7,14-15,18,22-23H,8-13,16-17H2,1-5H3,(H,44,45). The van der Waals surface area contributed by atoms with Crippen LogP contribution in [-0.2, 0) is 18.4 Å². The molecule has 8 nitrogen and oxygen atoms in total. The minimum Gasteiger partial charge on any atom is -0.491 e. The van der Waals surface area contributed by atoms with Gasteiger partial charge in [-0.3, -0.25) is 19.2 Å². The van der Waals surface area contributed by atoms with Crippen LogP contribution >= 0.6 is 11.3 Å². The molecule has 0 radical (unpaired) electrons. The van der Waals surface area contributed by atoms with E-state index in [0.29, 0.717) is 47.9 Å². The number of thiophene rings is 1. The molecule has 12 heteroatoms. The first-order valence-corrected chi connectivity index (χ1v) is 16.8. The summed E-state index contributed by atoms with van der Waals surface area (Å²) in [6.45, 7) is 10.9. The molecule has 0 spiro atoms. The lowest BCUT2D eigenvalue weighted by atomic mass is 9.73. The molecule has 1 atom stereocenters. The average Bonchev–Trinajstić information content (AvgIpc) is 3.43. The number of halogens is 3. The van der Waals surface area contributed by atoms with Crippen molar-refractivity contribution in [3.05, 3.63) is 73.9 Å². The lowest BCUT2D eigenvalue weighted by molar-refractivity contribution is -0.186. The lowest BCUT2D eigenvalue weighted by Crippen LogP contribution is -2.51. The Morgan fingerprint density at radius 2 is 1.83 bits per heavy atom. The summed E-state index contributed by atoms with van der Waals surface area (Å²) in [5.74, 6) is -1.10. The molecule has 1 aromatic carbocycles. The molecule has 1 N–H and O–H groups in total. The molecule has 1 aliphatic heterocycles. The van der Waals surface area contributed by atoms with Gasteiger partial charge in [0.05, 0.1) is 33.9 Å². The number of hydrogen-bond acceptors (Lipinski definition) is 7. The van der Waals surface area contributed by atoms with Gasteiger partial charge in [0.25, 0.3) is 5.56 Å². The van der Waals surface area contributed by atoms with E-state index in [1.807, 2.05) is 45.0 Å². The number of hydrogen-bond donors (Lipinski definition) is 1. The second-order valence-electron chi connectivity index (χ2n) is 13.5. The van der Waals surface area contributed by atoms with Crippen LogP contribution in [0.4, 0.5) is 13.2 Å². The van der Waals surface area contributed by atoms with E-state index in [-0.39, 0.29) is 43.2 Å². The summed E-state index contributed by atoms with van der Waals surface area (Å²) in [7, 11) is 0. The van der Waals surface area contributed by atoms with Crippen LogP contribution in [0.3, 0.4) is 0 Å². The second-order valence-corrected chi connectivity index (χ2v) is 14.4. The van der Waals surface area contributed by atoms with Gasteiger partial charge in [-0.2, -0.15) is 13.2 Å². The number of ether oxygens (including phenoxy) is 1. The van der Waals surface area contributed by atoms with Crippen LogP contribution in [0.25, 0.3) is 21.3 Å². The molecule has 1 saturated heterocycles. The molecule has 0 amide bonds. The van der Waals surface area contributed by atoms with Gasteiger partial charge in [0.2, 0.25) is 0 Å². The van der Waals surface area contributed by atoms with Crippen molar-refractivity contribution >= 4 is 27.5 Å². The lowest BCUT2D eigenvalue weighted by Gasteiger charge is -2.44. The zero-order valence-corrected chi connectivity index (χ0v) is 28.0. The van der Waals surface area contributed by atoms with Gasteiger partial charge in [0.1, 0.15) is 18.2 Å². The summed E-state index contributed by atoms with van der Waals surface area (Å²) in [5.41, 5.74) is 4.83. The molecule has 6 rings (SSSR count). The number of carboxylic acid groups (broad SMARTS) is 1. The van der Waals surface area contributed by atoms with E-state index < -0.39 is 23.5 Å². The first-order chi connectivity index (χ1) is 22.1. The molecule has 2 aliphatic rings. The van der Waals surface area contributed by atoms with Gasteiger partial charge in [-0.05, 0) is 77.7 Å². The smallest absolute Gasteiger partial charge is 0.391 e. The fourth-order valence-corrected chi connectivity index (χ4v) is 8.28. The van der Waals surface area contributed by atoms with Crippen molar-refractivity contribution in [2.75, 3.05) is 19.7 Å². The van der Waals surface area contributed by atoms with Gasteiger partial charge in [0, 0.05) is 39.2 Å². The summed E-state index contributed by atoms with van der Waals surface area (Å²) in [4.78, 5) is 37.4. The first kappa shape index (κ1) is 33.1. The van der Waals surface area contributed by atoms with Gasteiger partial charge < -0.3 is 9.84 Å². The summed E-state index contributed by atoms with van der Waals surface area (Å²) in [6, 6.07) is 7.73. The number of aromatic nitrogens is 3. The molecular formula is C35H39F3N4O4S. The van der Waals surface area contributed by atoms with Crippen molar-refractivity contribution < 1.29 is 27.8 Å². The van der Waals surface area contributed by atoms with Gasteiger partial charge in [-0.25, -0.2) is 9.78 Å². The molecule has 47 heavy (non-hydrogen) atoms. The molecule has 250 valence electrons. The van der Waals surface area contributed by atoms with Crippen LogP contribution in [0.5, 0.6) is 5.75 Å². The molecule has 1 fully saturated rings. The highest BCUT2D eigenvalue weighted by Crippen LogP contribution is 2.41. The Bertz CT molecular complexity index is 1910. The molecule has 1 unspecified atom stereocenters. The zero-order chi connectivity index (χ0) is 33.8. The maximum absolute atomic E-state index is 14.0. The summed E-state index contributed by atoms with van der Waals surface area (Å²) < 4.78 is 48.6. The number of aryl methyl sites for hydroxylation is 3. The molecule has 3 aromatic heterocycles. The Morgan fingerprint density at radius 1 is 1.11 bits per heavy atom. The number of benzene rings is 1. The number of carbonyl (C=O) groups is 1. The van der Waals surface area contributed by atoms with E-state index in [4.69, 9.17) is 9.72 Å². The van der Waals surface area contributed by atoms with E-state index in [1.54, 1.807) is 9.95 Å². The van der Waals surface area contributed by atoms with Crippen LogP contribution in [-0.4, -0.2) is 62.4 Å². The Labute approximate surface area is 275 Å². The van der Waals surface area contributed by atoms with Crippen LogP contribution in [0.15, 0.2) is 34.4 Å². The largest absolute Gasteiger partial charge is 0.491 e. The predicted octanol–water partition coefficient (Wildman–Crippen LogP) is 7.09. The average molecular weight is 669 g/mol. The Hall–Kier alpha value is -3.77. The van der Waals surface area contributed by atoms with Crippen molar-refractivity contribution in [3.63, 3.8) is 0 Å². The maximum atomic E-state index is 14.0. The minimum absolute atomic E-state index is 0.0248. The van der Waals surface area contributed by atoms with Crippen LogP contribution in [0.1, 0.15) is 71.8 Å². The quantitative estimate of drug-likeness (QED) is 0.225. The third-order valence-electron chi connectivity index (χ3n) is 9.67. The molecule has 4 aromatic rings. The van der Waals surface area contributed by atoms with Crippen LogP contribution in [0, 0.1) is 26.7 Å². The van der Waals surface area contributed by atoms with Gasteiger partial charge in [0.15, 0.2) is 0 Å². The fraction of sp³-hybridized carbons (Fsp3) is 0.486. The highest BCUT2D eigenvalue weighted by molar-refractivity contribution is 7.18. The Balaban J connectivity index is 1.24. The Morgan fingerprint density at radius 3 is 2.51 bits per heavy atom. The maximum Gasteiger partial charge on any atom is 0.391 e. The fourth-order valence-electron chi connectivity index (χ4n) is 7.27. The number of piperidine rings is 1. The van der Waals surface area contributed by atoms with E-state index in [2.05, 4.69) is 23.7 Å². The molecule has 4 heterocycles. The van der Waals surface area contributed by atoms with Crippen molar-refractivity contribution in [2.45, 2.75) is 84.5 Å². The third kappa shape index (κ3) is 6.41. The van der Waals surface area contributed by atoms with Gasteiger partial charge in [-0.1, -0.05) is 25.5 Å². The molecule has 0 bridgehead atoms. The number of likely N-dealkylation sites (tertiary alicyclic amines) is 1. The molecule has 0 saturated carbocycles. The van der Waals surface area contributed by atoms with Crippen LogP contribution in [0.2, 0.25) is 0 Å². The van der Waals surface area contributed by atoms with Crippen molar-refractivity contribution in [3.8, 4) is 16.9 Å². The van der Waals surface area contributed by atoms with E-state index in [1.165, 1.54) is 11.3 Å². The Kier molecular flexibility index (Phi) is 8.71. The van der Waals surface area contributed by atoms with Crippen molar-refractivity contribution in [1.82, 2.24) is 19.4 Å². The van der Waals surface area contributed by atoms with Crippen LogP contribution < -0.4 is 10.3 Å². The number of aromatic carboxylic acids is 1. The first-order valence-electron chi connectivity index (χ1n) is 15.9. The summed E-state index contributed by atoms with van der Waals surface area (Å²) in [6.07, 6.45) is -2.81. The number of pyridine rings is 1. The number of fused-ring (bicyclic) bond motifs is 2. The molecule has 1 aliphatic carbocycles. The highest BCUT2D eigenvalue weighted by Gasteiger charge is 2.44. The monoisotopic (exact) mass is 668 g/mol. The van der Waals surface area contributed by atoms with Crippen molar-refractivity contribution in [2.24, 2.45) is 5.92 Å². The third-order valence-corrected chi connectivity index (χ3v) is 10.7. The molecular weight excluding hydrogens is 629 g/mol. The SMILES string of the molecule is Cc1ccc(OCCn2c(C)nc3c(c2=O)CC(N2CCC(C(F)(F)F)CC2)CC3(C)C)c(-c2cc(C)nc3c(C(=O)O)csc23)c1.